The Bertz CT molecular complexity index is 945. The molecule has 0 N–H and O–H groups in total. The Labute approximate surface area is 171 Å². The minimum atomic E-state index is -0.245. The average molecular weight is 429 g/mol. The van der Waals surface area contributed by atoms with Crippen molar-refractivity contribution in [1.82, 2.24) is 14.7 Å². The van der Waals surface area contributed by atoms with Gasteiger partial charge in [0, 0.05) is 25.3 Å². The van der Waals surface area contributed by atoms with Gasteiger partial charge in [-0.3, -0.25) is 9.48 Å². The monoisotopic (exact) mass is 427 g/mol. The summed E-state index contributed by atoms with van der Waals surface area (Å²) in [6.07, 6.45) is 1.68. The first-order chi connectivity index (χ1) is 12.8. The Morgan fingerprint density at radius 3 is 2.56 bits per heavy atom. The lowest BCUT2D eigenvalue weighted by atomic mass is 10.3. The van der Waals surface area contributed by atoms with Crippen LogP contribution in [-0.4, -0.2) is 27.6 Å². The Morgan fingerprint density at radius 1 is 1.22 bits per heavy atom. The zero-order chi connectivity index (χ0) is 19.6. The molecule has 0 bridgehead atoms. The maximum Gasteiger partial charge on any atom is 0.289 e. The van der Waals surface area contributed by atoms with E-state index in [0.717, 1.165) is 5.69 Å². The highest BCUT2D eigenvalue weighted by molar-refractivity contribution is 6.40. The van der Waals surface area contributed by atoms with E-state index in [1.165, 1.54) is 12.1 Å². The van der Waals surface area contributed by atoms with Gasteiger partial charge in [-0.25, -0.2) is 0 Å². The van der Waals surface area contributed by atoms with Crippen molar-refractivity contribution in [3.63, 3.8) is 0 Å². The van der Waals surface area contributed by atoms with Gasteiger partial charge in [-0.2, -0.15) is 5.10 Å². The first-order valence-electron chi connectivity index (χ1n) is 7.93. The SMILES string of the molecule is CN(Cc1ccnn1C)C(=O)c1ccc(COc2c(Cl)cc(Cl)cc2Cl)o1. The summed E-state index contributed by atoms with van der Waals surface area (Å²) in [6.45, 7) is 0.484. The molecule has 0 atom stereocenters. The highest BCUT2D eigenvalue weighted by Crippen LogP contribution is 2.36. The fraction of sp³-hybridized carbons (Fsp3) is 0.222. The van der Waals surface area contributed by atoms with E-state index >= 15 is 0 Å². The minimum absolute atomic E-state index is 0.0692. The van der Waals surface area contributed by atoms with Gasteiger partial charge in [-0.05, 0) is 30.3 Å². The normalized spacial score (nSPS) is 10.9. The second kappa shape index (κ2) is 8.25. The van der Waals surface area contributed by atoms with E-state index in [1.54, 1.807) is 35.0 Å². The number of ether oxygens (including phenoxy) is 1. The van der Waals surface area contributed by atoms with Crippen LogP contribution < -0.4 is 4.74 Å². The van der Waals surface area contributed by atoms with Crippen LogP contribution in [0.1, 0.15) is 22.0 Å². The van der Waals surface area contributed by atoms with Gasteiger partial charge < -0.3 is 14.1 Å². The fourth-order valence-corrected chi connectivity index (χ4v) is 3.37. The number of halogens is 3. The number of carbonyl (C=O) groups is 1. The van der Waals surface area contributed by atoms with Crippen LogP contribution in [0.2, 0.25) is 15.1 Å². The molecule has 0 aliphatic heterocycles. The van der Waals surface area contributed by atoms with Crippen LogP contribution in [0.5, 0.6) is 5.75 Å². The Balaban J connectivity index is 1.64. The number of aryl methyl sites for hydroxylation is 1. The van der Waals surface area contributed by atoms with Crippen LogP contribution in [0.15, 0.2) is 40.9 Å². The molecule has 0 aliphatic rings. The Morgan fingerprint density at radius 2 is 1.93 bits per heavy atom. The summed E-state index contributed by atoms with van der Waals surface area (Å²) in [4.78, 5) is 14.1. The largest absolute Gasteiger partial charge is 0.483 e. The van der Waals surface area contributed by atoms with Crippen molar-refractivity contribution in [2.45, 2.75) is 13.2 Å². The molecule has 9 heteroatoms. The van der Waals surface area contributed by atoms with Crippen molar-refractivity contribution < 1.29 is 13.9 Å². The molecule has 0 saturated carbocycles. The fourth-order valence-electron chi connectivity index (χ4n) is 2.44. The second-order valence-corrected chi connectivity index (χ2v) is 7.11. The maximum absolute atomic E-state index is 12.5. The summed E-state index contributed by atoms with van der Waals surface area (Å²) in [5.74, 6) is 0.742. The van der Waals surface area contributed by atoms with Crippen molar-refractivity contribution in [2.75, 3.05) is 7.05 Å². The lowest BCUT2D eigenvalue weighted by molar-refractivity contribution is 0.0746. The first-order valence-corrected chi connectivity index (χ1v) is 9.07. The van der Waals surface area contributed by atoms with Gasteiger partial charge in [0.2, 0.25) is 0 Å². The molecule has 3 aromatic rings. The molecule has 2 heterocycles. The highest BCUT2D eigenvalue weighted by atomic mass is 35.5. The number of nitrogens with zero attached hydrogens (tertiary/aromatic N) is 3. The van der Waals surface area contributed by atoms with Crippen molar-refractivity contribution in [1.29, 1.82) is 0 Å². The molecule has 27 heavy (non-hydrogen) atoms. The molecular weight excluding hydrogens is 413 g/mol. The van der Waals surface area contributed by atoms with Crippen molar-refractivity contribution in [3.8, 4) is 5.75 Å². The van der Waals surface area contributed by atoms with Crippen molar-refractivity contribution >= 4 is 40.7 Å². The van der Waals surface area contributed by atoms with Gasteiger partial charge in [0.25, 0.3) is 5.91 Å². The number of rotatable bonds is 6. The number of hydrogen-bond acceptors (Lipinski definition) is 4. The van der Waals surface area contributed by atoms with Crippen molar-refractivity contribution in [2.24, 2.45) is 7.05 Å². The van der Waals surface area contributed by atoms with Gasteiger partial charge in [0.1, 0.15) is 12.4 Å². The molecule has 0 radical (unpaired) electrons. The molecule has 1 aromatic carbocycles. The molecule has 0 unspecified atom stereocenters. The van der Waals surface area contributed by atoms with Crippen LogP contribution in [0, 0.1) is 0 Å². The average Bonchev–Trinajstić information content (AvgIpc) is 3.23. The summed E-state index contributed by atoms with van der Waals surface area (Å²) in [5.41, 5.74) is 0.910. The van der Waals surface area contributed by atoms with Crippen LogP contribution in [0.25, 0.3) is 0 Å². The number of amides is 1. The van der Waals surface area contributed by atoms with Gasteiger partial charge in [0.05, 0.1) is 22.3 Å². The quantitative estimate of drug-likeness (QED) is 0.564. The van der Waals surface area contributed by atoms with Crippen LogP contribution in [0.4, 0.5) is 0 Å². The third-order valence-corrected chi connectivity index (χ3v) is 4.64. The van der Waals surface area contributed by atoms with Crippen LogP contribution >= 0.6 is 34.8 Å². The van der Waals surface area contributed by atoms with E-state index in [-0.39, 0.29) is 18.3 Å². The molecule has 0 spiro atoms. The van der Waals surface area contributed by atoms with Crippen LogP contribution in [-0.2, 0) is 20.2 Å². The molecule has 142 valence electrons. The molecule has 2 aromatic heterocycles. The topological polar surface area (TPSA) is 60.5 Å². The van der Waals surface area contributed by atoms with E-state index in [1.807, 2.05) is 13.1 Å². The van der Waals surface area contributed by atoms with E-state index < -0.39 is 0 Å². The lowest BCUT2D eigenvalue weighted by Gasteiger charge is -2.15. The molecule has 0 saturated heterocycles. The Kier molecular flexibility index (Phi) is 5.99. The standard InChI is InChI=1S/C18H16Cl3N3O3/c1-23(9-12-5-6-22-24(12)2)18(25)16-4-3-13(27-16)10-26-17-14(20)7-11(19)8-15(17)21/h3-8H,9-10H2,1-2H3. The maximum atomic E-state index is 12.5. The molecule has 6 nitrogen and oxygen atoms in total. The third-order valence-electron chi connectivity index (χ3n) is 3.86. The molecule has 0 fully saturated rings. The minimum Gasteiger partial charge on any atom is -0.483 e. The van der Waals surface area contributed by atoms with E-state index in [0.29, 0.717) is 33.1 Å². The summed E-state index contributed by atoms with van der Waals surface area (Å²) < 4.78 is 12.9. The second-order valence-electron chi connectivity index (χ2n) is 5.86. The molecule has 3 rings (SSSR count). The van der Waals surface area contributed by atoms with E-state index in [2.05, 4.69) is 5.10 Å². The van der Waals surface area contributed by atoms with E-state index in [4.69, 9.17) is 44.0 Å². The molecule has 1 amide bonds. The Hall–Kier alpha value is -2.15. The summed E-state index contributed by atoms with van der Waals surface area (Å²) in [5, 5.41) is 5.10. The predicted molar refractivity (Wildman–Crippen MR) is 104 cm³/mol. The summed E-state index contributed by atoms with van der Waals surface area (Å²) in [6, 6.07) is 8.20. The van der Waals surface area contributed by atoms with E-state index in [9.17, 15) is 4.79 Å². The highest BCUT2D eigenvalue weighted by Gasteiger charge is 2.18. The molecular formula is C18H16Cl3N3O3. The third kappa shape index (κ3) is 4.58. The van der Waals surface area contributed by atoms with Gasteiger partial charge in [0.15, 0.2) is 11.5 Å². The predicted octanol–water partition coefficient (Wildman–Crippen LogP) is 4.82. The summed E-state index contributed by atoms with van der Waals surface area (Å²) in [7, 11) is 3.52. The summed E-state index contributed by atoms with van der Waals surface area (Å²) >= 11 is 18.0. The number of hydrogen-bond donors (Lipinski definition) is 0. The van der Waals surface area contributed by atoms with Gasteiger partial charge in [-0.15, -0.1) is 0 Å². The molecule has 0 aliphatic carbocycles. The number of carbonyl (C=O) groups excluding carboxylic acids is 1. The van der Waals surface area contributed by atoms with Crippen molar-refractivity contribution in [3.05, 3.63) is 68.8 Å². The zero-order valence-electron chi connectivity index (χ0n) is 14.6. The first kappa shape index (κ1) is 19.6. The lowest BCUT2D eigenvalue weighted by Crippen LogP contribution is -2.26. The zero-order valence-corrected chi connectivity index (χ0v) is 16.8. The number of benzene rings is 1. The van der Waals surface area contributed by atoms with Gasteiger partial charge >= 0.3 is 0 Å². The van der Waals surface area contributed by atoms with Crippen LogP contribution in [0.3, 0.4) is 0 Å². The smallest absolute Gasteiger partial charge is 0.289 e. The number of aromatic nitrogens is 2. The number of furan rings is 1. The van der Waals surface area contributed by atoms with Gasteiger partial charge in [-0.1, -0.05) is 34.8 Å².